The molecule has 1 aromatic heterocycles. The number of carbonyl (C=O) groups is 2. The molecule has 1 aromatic rings. The second-order valence-electron chi connectivity index (χ2n) is 4.25. The Hall–Kier alpha value is -1.33. The summed E-state index contributed by atoms with van der Waals surface area (Å²) in [4.78, 5) is 27.8. The van der Waals surface area contributed by atoms with E-state index in [2.05, 4.69) is 29.0 Å². The first-order valence-electron chi connectivity index (χ1n) is 6.38. The fourth-order valence-corrected chi connectivity index (χ4v) is 2.24. The maximum Gasteiger partial charge on any atom is 0.254 e. The third kappa shape index (κ3) is 3.81. The van der Waals surface area contributed by atoms with Crippen molar-refractivity contribution in [3.05, 3.63) is 22.0 Å². The van der Waals surface area contributed by atoms with Crippen molar-refractivity contribution in [2.24, 2.45) is 0 Å². The molecule has 106 valence electrons. The molecule has 0 radical (unpaired) electrons. The predicted octanol–water partition coefficient (Wildman–Crippen LogP) is 1.86. The summed E-state index contributed by atoms with van der Waals surface area (Å²) < 4.78 is 0. The Labute approximate surface area is 118 Å². The quantitative estimate of drug-likeness (QED) is 0.752. The topological polar surface area (TPSA) is 65.2 Å². The van der Waals surface area contributed by atoms with E-state index in [0.29, 0.717) is 24.1 Å². The first-order valence-corrected chi connectivity index (χ1v) is 6.76. The first kappa shape index (κ1) is 15.7. The molecule has 5 nitrogen and oxygen atoms in total. The number of halogens is 1. The summed E-state index contributed by atoms with van der Waals surface area (Å²) in [6.45, 7) is 9.12. The smallest absolute Gasteiger partial charge is 0.254 e. The molecular weight excluding hydrogens is 266 g/mol. The molecule has 6 heteroatoms. The van der Waals surface area contributed by atoms with Crippen LogP contribution in [0.5, 0.6) is 0 Å². The van der Waals surface area contributed by atoms with E-state index >= 15 is 0 Å². The number of likely N-dealkylation sites (N-methyl/N-ethyl adjacent to an activating group) is 1. The molecule has 2 N–H and O–H groups in total. The SMILES string of the molecule is CCN(CC)CCNC(=O)c1c(C)[nH]c(C=O)c1Cl. The van der Waals surface area contributed by atoms with Gasteiger partial charge in [-0.2, -0.15) is 0 Å². The summed E-state index contributed by atoms with van der Waals surface area (Å²) in [5.74, 6) is -0.251. The summed E-state index contributed by atoms with van der Waals surface area (Å²) in [7, 11) is 0. The Morgan fingerprint density at radius 3 is 2.53 bits per heavy atom. The van der Waals surface area contributed by atoms with Crippen molar-refractivity contribution in [2.45, 2.75) is 20.8 Å². The van der Waals surface area contributed by atoms with Crippen molar-refractivity contribution < 1.29 is 9.59 Å². The average Bonchev–Trinajstić information content (AvgIpc) is 2.69. The highest BCUT2D eigenvalue weighted by Gasteiger charge is 2.19. The normalized spacial score (nSPS) is 10.8. The van der Waals surface area contributed by atoms with E-state index in [4.69, 9.17) is 11.6 Å². The molecule has 1 amide bonds. The zero-order chi connectivity index (χ0) is 14.4. The van der Waals surface area contributed by atoms with Crippen LogP contribution in [0, 0.1) is 6.92 Å². The third-order valence-electron chi connectivity index (χ3n) is 3.11. The number of amides is 1. The number of aromatic amines is 1. The molecule has 0 atom stereocenters. The van der Waals surface area contributed by atoms with Gasteiger partial charge in [0.05, 0.1) is 16.3 Å². The van der Waals surface area contributed by atoms with Gasteiger partial charge >= 0.3 is 0 Å². The highest BCUT2D eigenvalue weighted by atomic mass is 35.5. The maximum atomic E-state index is 12.0. The molecule has 19 heavy (non-hydrogen) atoms. The summed E-state index contributed by atoms with van der Waals surface area (Å²) >= 11 is 5.99. The summed E-state index contributed by atoms with van der Waals surface area (Å²) in [5.41, 5.74) is 1.20. The van der Waals surface area contributed by atoms with Gasteiger partial charge in [0.1, 0.15) is 0 Å². The third-order valence-corrected chi connectivity index (χ3v) is 3.50. The van der Waals surface area contributed by atoms with Gasteiger partial charge in [-0.25, -0.2) is 0 Å². The lowest BCUT2D eigenvalue weighted by Crippen LogP contribution is -2.35. The predicted molar refractivity (Wildman–Crippen MR) is 76.0 cm³/mol. The largest absolute Gasteiger partial charge is 0.355 e. The molecule has 0 fully saturated rings. The standard InChI is InChI=1S/C13H20ClN3O2/c1-4-17(5-2)7-6-15-13(19)11-9(3)16-10(8-18)12(11)14/h8,16H,4-7H2,1-3H3,(H,15,19). The monoisotopic (exact) mass is 285 g/mol. The molecule has 1 heterocycles. The van der Waals surface area contributed by atoms with Crippen molar-refractivity contribution in [3.8, 4) is 0 Å². The minimum Gasteiger partial charge on any atom is -0.355 e. The lowest BCUT2D eigenvalue weighted by Gasteiger charge is -2.17. The van der Waals surface area contributed by atoms with Gasteiger partial charge < -0.3 is 15.2 Å². The number of hydrogen-bond donors (Lipinski definition) is 2. The Morgan fingerprint density at radius 1 is 1.42 bits per heavy atom. The van der Waals surface area contributed by atoms with Crippen LogP contribution in [0.25, 0.3) is 0 Å². The number of aldehydes is 1. The lowest BCUT2D eigenvalue weighted by molar-refractivity contribution is 0.0948. The Morgan fingerprint density at radius 2 is 2.05 bits per heavy atom. The molecule has 0 bridgehead atoms. The van der Waals surface area contributed by atoms with Gasteiger partial charge in [0, 0.05) is 18.8 Å². The number of H-pyrrole nitrogens is 1. The van der Waals surface area contributed by atoms with E-state index < -0.39 is 0 Å². The molecule has 0 saturated carbocycles. The highest BCUT2D eigenvalue weighted by Crippen LogP contribution is 2.22. The molecule has 0 aliphatic rings. The molecule has 0 unspecified atom stereocenters. The summed E-state index contributed by atoms with van der Waals surface area (Å²) in [6, 6.07) is 0. The molecule has 1 rings (SSSR count). The number of rotatable bonds is 7. The minimum atomic E-state index is -0.251. The van der Waals surface area contributed by atoms with Gasteiger partial charge in [-0.15, -0.1) is 0 Å². The average molecular weight is 286 g/mol. The lowest BCUT2D eigenvalue weighted by atomic mass is 10.2. The van der Waals surface area contributed by atoms with Crippen molar-refractivity contribution >= 4 is 23.8 Å². The zero-order valence-electron chi connectivity index (χ0n) is 11.5. The second kappa shape index (κ2) is 7.31. The molecule has 0 aliphatic carbocycles. The van der Waals surface area contributed by atoms with E-state index in [9.17, 15) is 9.59 Å². The van der Waals surface area contributed by atoms with Crippen LogP contribution < -0.4 is 5.32 Å². The highest BCUT2D eigenvalue weighted by molar-refractivity contribution is 6.36. The van der Waals surface area contributed by atoms with E-state index in [0.717, 1.165) is 19.6 Å². The van der Waals surface area contributed by atoms with E-state index in [1.807, 2.05) is 0 Å². The van der Waals surface area contributed by atoms with Crippen LogP contribution in [-0.2, 0) is 0 Å². The number of nitrogens with zero attached hydrogens (tertiary/aromatic N) is 1. The number of nitrogens with one attached hydrogen (secondary N) is 2. The number of aryl methyl sites for hydroxylation is 1. The molecule has 0 aromatic carbocycles. The van der Waals surface area contributed by atoms with Gasteiger partial charge in [-0.1, -0.05) is 25.4 Å². The Balaban J connectivity index is 2.64. The number of carbonyl (C=O) groups excluding carboxylic acids is 2. The van der Waals surface area contributed by atoms with Gasteiger partial charge in [0.15, 0.2) is 6.29 Å². The summed E-state index contributed by atoms with van der Waals surface area (Å²) in [6.07, 6.45) is 0.613. The van der Waals surface area contributed by atoms with E-state index in [-0.39, 0.29) is 16.6 Å². The van der Waals surface area contributed by atoms with Gasteiger partial charge in [-0.05, 0) is 20.0 Å². The van der Waals surface area contributed by atoms with Gasteiger partial charge in [-0.3, -0.25) is 9.59 Å². The van der Waals surface area contributed by atoms with E-state index in [1.165, 1.54) is 0 Å². The van der Waals surface area contributed by atoms with Crippen LogP contribution in [0.15, 0.2) is 0 Å². The number of hydrogen-bond acceptors (Lipinski definition) is 3. The fraction of sp³-hybridized carbons (Fsp3) is 0.538. The van der Waals surface area contributed by atoms with Gasteiger partial charge in [0.2, 0.25) is 0 Å². The Kier molecular flexibility index (Phi) is 6.05. The van der Waals surface area contributed by atoms with E-state index in [1.54, 1.807) is 6.92 Å². The van der Waals surface area contributed by atoms with Crippen LogP contribution in [-0.4, -0.2) is 48.3 Å². The van der Waals surface area contributed by atoms with Gasteiger partial charge in [0.25, 0.3) is 5.91 Å². The molecule has 0 saturated heterocycles. The molecule has 0 aliphatic heterocycles. The molecule has 0 spiro atoms. The Bertz CT molecular complexity index is 453. The second-order valence-corrected chi connectivity index (χ2v) is 4.63. The van der Waals surface area contributed by atoms with Crippen molar-refractivity contribution in [2.75, 3.05) is 26.2 Å². The van der Waals surface area contributed by atoms with Crippen molar-refractivity contribution in [1.82, 2.24) is 15.2 Å². The summed E-state index contributed by atoms with van der Waals surface area (Å²) in [5, 5.41) is 3.00. The van der Waals surface area contributed by atoms with Crippen LogP contribution >= 0.6 is 11.6 Å². The van der Waals surface area contributed by atoms with Crippen molar-refractivity contribution in [3.63, 3.8) is 0 Å². The van der Waals surface area contributed by atoms with Crippen LogP contribution in [0.2, 0.25) is 5.02 Å². The first-order chi connectivity index (χ1) is 9.04. The van der Waals surface area contributed by atoms with Crippen LogP contribution in [0.1, 0.15) is 40.4 Å². The number of aromatic nitrogens is 1. The van der Waals surface area contributed by atoms with Crippen LogP contribution in [0.4, 0.5) is 0 Å². The van der Waals surface area contributed by atoms with Crippen molar-refractivity contribution in [1.29, 1.82) is 0 Å². The fourth-order valence-electron chi connectivity index (χ4n) is 1.93. The molecular formula is C13H20ClN3O2. The van der Waals surface area contributed by atoms with Crippen LogP contribution in [0.3, 0.4) is 0 Å². The zero-order valence-corrected chi connectivity index (χ0v) is 12.3. The minimum absolute atomic E-state index is 0.188. The maximum absolute atomic E-state index is 12.0.